The van der Waals surface area contributed by atoms with E-state index in [4.69, 9.17) is 11.6 Å². The van der Waals surface area contributed by atoms with Crippen molar-refractivity contribution in [3.05, 3.63) is 37.7 Å². The number of aliphatic hydroxyl groups is 1. The highest BCUT2D eigenvalue weighted by Gasteiger charge is 2.21. The zero-order chi connectivity index (χ0) is 14.0. The molecule has 104 valence electrons. The molecule has 0 aliphatic heterocycles. The summed E-state index contributed by atoms with van der Waals surface area (Å²) >= 11 is 11.0. The molecule has 1 N–H and O–H groups in total. The average Bonchev–Trinajstić information content (AvgIpc) is 2.92. The quantitative estimate of drug-likeness (QED) is 0.887. The minimum atomic E-state index is -0.742. The van der Waals surface area contributed by atoms with Gasteiger partial charge in [0.25, 0.3) is 0 Å². The molecule has 0 spiro atoms. The largest absolute Gasteiger partial charge is 0.381 e. The van der Waals surface area contributed by atoms with Gasteiger partial charge < -0.3 is 10.0 Å². The number of aromatic nitrogens is 2. The van der Waals surface area contributed by atoms with Crippen LogP contribution < -0.4 is 0 Å². The summed E-state index contributed by atoms with van der Waals surface area (Å²) in [7, 11) is 4.00. The van der Waals surface area contributed by atoms with Crippen molar-refractivity contribution in [1.29, 1.82) is 0 Å². The molecule has 0 fully saturated rings. The Bertz CT molecular complexity index is 555. The van der Waals surface area contributed by atoms with E-state index in [-0.39, 0.29) is 0 Å². The van der Waals surface area contributed by atoms with Gasteiger partial charge in [-0.15, -0.1) is 11.3 Å². The van der Waals surface area contributed by atoms with E-state index in [0.29, 0.717) is 17.3 Å². The second-order valence-corrected chi connectivity index (χ2v) is 6.74. The molecule has 0 aliphatic carbocycles. The second kappa shape index (κ2) is 6.37. The molecule has 2 aromatic heterocycles. The monoisotopic (exact) mass is 363 g/mol. The van der Waals surface area contributed by atoms with Gasteiger partial charge in [-0.3, -0.25) is 4.68 Å². The van der Waals surface area contributed by atoms with Crippen molar-refractivity contribution in [3.8, 4) is 0 Å². The Morgan fingerprint density at radius 3 is 2.89 bits per heavy atom. The van der Waals surface area contributed by atoms with Crippen LogP contribution in [0.5, 0.6) is 0 Å². The van der Waals surface area contributed by atoms with E-state index in [9.17, 15) is 5.11 Å². The lowest BCUT2D eigenvalue weighted by molar-refractivity contribution is 0.209. The first kappa shape index (κ1) is 15.0. The molecule has 2 rings (SSSR count). The molecular formula is C12H15BrClN3OS. The molecule has 0 radical (unpaired) electrons. The lowest BCUT2D eigenvalue weighted by Gasteiger charge is -2.15. The average molecular weight is 365 g/mol. The SMILES string of the molecule is CN(C)CCn1ncc(Cl)c1C(O)c1cc(Br)cs1. The molecule has 0 aliphatic rings. The van der Waals surface area contributed by atoms with Crippen molar-refractivity contribution < 1.29 is 5.11 Å². The highest BCUT2D eigenvalue weighted by atomic mass is 79.9. The number of aliphatic hydroxyl groups excluding tert-OH is 1. The van der Waals surface area contributed by atoms with Crippen molar-refractivity contribution >= 4 is 38.9 Å². The van der Waals surface area contributed by atoms with Crippen LogP contribution in [-0.2, 0) is 6.54 Å². The van der Waals surface area contributed by atoms with Crippen LogP contribution in [0, 0.1) is 0 Å². The first-order valence-electron chi connectivity index (χ1n) is 5.77. The molecule has 0 bridgehead atoms. The minimum absolute atomic E-state index is 0.496. The summed E-state index contributed by atoms with van der Waals surface area (Å²) in [5, 5.41) is 17.1. The fraction of sp³-hybridized carbons (Fsp3) is 0.417. The molecule has 2 heterocycles. The van der Waals surface area contributed by atoms with Crippen LogP contribution in [0.3, 0.4) is 0 Å². The molecule has 7 heteroatoms. The van der Waals surface area contributed by atoms with Gasteiger partial charge in [0.1, 0.15) is 6.10 Å². The molecule has 0 saturated heterocycles. The van der Waals surface area contributed by atoms with E-state index in [1.54, 1.807) is 10.9 Å². The topological polar surface area (TPSA) is 41.3 Å². The summed E-state index contributed by atoms with van der Waals surface area (Å²) in [6.45, 7) is 1.53. The summed E-state index contributed by atoms with van der Waals surface area (Å²) in [6.07, 6.45) is 0.840. The minimum Gasteiger partial charge on any atom is -0.381 e. The molecule has 1 atom stereocenters. The number of hydrogen-bond acceptors (Lipinski definition) is 4. The third-order valence-electron chi connectivity index (χ3n) is 2.71. The zero-order valence-electron chi connectivity index (χ0n) is 10.7. The molecule has 0 aromatic carbocycles. The Labute approximate surface area is 129 Å². The van der Waals surface area contributed by atoms with Crippen molar-refractivity contribution in [2.45, 2.75) is 12.6 Å². The molecule has 0 amide bonds. The summed E-state index contributed by atoms with van der Waals surface area (Å²) in [5.41, 5.74) is 0.651. The fourth-order valence-electron chi connectivity index (χ4n) is 1.72. The van der Waals surface area contributed by atoms with E-state index >= 15 is 0 Å². The molecule has 4 nitrogen and oxygen atoms in total. The Morgan fingerprint density at radius 1 is 1.58 bits per heavy atom. The first-order valence-corrected chi connectivity index (χ1v) is 7.82. The van der Waals surface area contributed by atoms with Crippen LogP contribution in [-0.4, -0.2) is 40.4 Å². The Morgan fingerprint density at radius 2 is 2.32 bits per heavy atom. The number of thiophene rings is 1. The van der Waals surface area contributed by atoms with Crippen LogP contribution >= 0.6 is 38.9 Å². The van der Waals surface area contributed by atoms with Gasteiger partial charge in [0.05, 0.1) is 23.5 Å². The molecule has 19 heavy (non-hydrogen) atoms. The first-order chi connectivity index (χ1) is 8.99. The van der Waals surface area contributed by atoms with Gasteiger partial charge in [0, 0.05) is 21.3 Å². The van der Waals surface area contributed by atoms with Crippen molar-refractivity contribution in [3.63, 3.8) is 0 Å². The van der Waals surface area contributed by atoms with E-state index in [2.05, 4.69) is 25.9 Å². The number of rotatable bonds is 5. The molecule has 2 aromatic rings. The summed E-state index contributed by atoms with van der Waals surface area (Å²) < 4.78 is 2.72. The Kier molecular flexibility index (Phi) is 5.03. The fourth-order valence-corrected chi connectivity index (χ4v) is 3.40. The lowest BCUT2D eigenvalue weighted by atomic mass is 10.2. The van der Waals surface area contributed by atoms with Crippen molar-refractivity contribution in [2.24, 2.45) is 0 Å². The van der Waals surface area contributed by atoms with Crippen LogP contribution in [0.2, 0.25) is 5.02 Å². The Hall–Kier alpha value is -0.400. The van der Waals surface area contributed by atoms with E-state index in [1.807, 2.05) is 25.5 Å². The van der Waals surface area contributed by atoms with Gasteiger partial charge in [-0.1, -0.05) is 11.6 Å². The van der Waals surface area contributed by atoms with E-state index in [0.717, 1.165) is 15.9 Å². The van der Waals surface area contributed by atoms with Crippen molar-refractivity contribution in [2.75, 3.05) is 20.6 Å². The number of likely N-dealkylation sites (N-methyl/N-ethyl adjacent to an activating group) is 1. The van der Waals surface area contributed by atoms with Gasteiger partial charge in [-0.2, -0.15) is 5.10 Å². The van der Waals surface area contributed by atoms with Gasteiger partial charge in [-0.05, 0) is 36.1 Å². The maximum Gasteiger partial charge on any atom is 0.131 e. The predicted octanol–water partition coefficient (Wildman–Crippen LogP) is 3.00. The second-order valence-electron chi connectivity index (χ2n) is 4.47. The highest BCUT2D eigenvalue weighted by molar-refractivity contribution is 9.10. The van der Waals surface area contributed by atoms with Crippen molar-refractivity contribution in [1.82, 2.24) is 14.7 Å². The number of nitrogens with zero attached hydrogens (tertiary/aromatic N) is 3. The summed E-state index contributed by atoms with van der Waals surface area (Å²) in [4.78, 5) is 2.91. The van der Waals surface area contributed by atoms with Gasteiger partial charge in [0.2, 0.25) is 0 Å². The van der Waals surface area contributed by atoms with E-state index < -0.39 is 6.10 Å². The molecular weight excluding hydrogens is 350 g/mol. The third-order valence-corrected chi connectivity index (χ3v) is 4.75. The smallest absolute Gasteiger partial charge is 0.131 e. The van der Waals surface area contributed by atoms with Crippen LogP contribution in [0.25, 0.3) is 0 Å². The summed E-state index contributed by atoms with van der Waals surface area (Å²) in [6, 6.07) is 1.90. The van der Waals surface area contributed by atoms with Gasteiger partial charge >= 0.3 is 0 Å². The van der Waals surface area contributed by atoms with Gasteiger partial charge in [-0.25, -0.2) is 0 Å². The standard InChI is InChI=1S/C12H15BrClN3OS/c1-16(2)3-4-17-11(9(14)6-15-17)12(18)10-5-8(13)7-19-10/h5-7,12,18H,3-4H2,1-2H3. The number of halogens is 2. The maximum atomic E-state index is 10.5. The highest BCUT2D eigenvalue weighted by Crippen LogP contribution is 2.33. The maximum absolute atomic E-state index is 10.5. The van der Waals surface area contributed by atoms with Crippen LogP contribution in [0.1, 0.15) is 16.7 Å². The van der Waals surface area contributed by atoms with Crippen LogP contribution in [0.4, 0.5) is 0 Å². The van der Waals surface area contributed by atoms with E-state index in [1.165, 1.54) is 11.3 Å². The normalized spacial score (nSPS) is 13.2. The predicted molar refractivity (Wildman–Crippen MR) is 81.9 cm³/mol. The molecule has 0 saturated carbocycles. The zero-order valence-corrected chi connectivity index (χ0v) is 13.8. The van der Waals surface area contributed by atoms with Crippen LogP contribution in [0.15, 0.2) is 22.1 Å². The number of hydrogen-bond donors (Lipinski definition) is 1. The Balaban J connectivity index is 2.25. The third kappa shape index (κ3) is 3.58. The van der Waals surface area contributed by atoms with Gasteiger partial charge in [0.15, 0.2) is 0 Å². The summed E-state index contributed by atoms with van der Waals surface area (Å²) in [5.74, 6) is 0. The molecule has 1 unspecified atom stereocenters. The lowest BCUT2D eigenvalue weighted by Crippen LogP contribution is -2.21.